The van der Waals surface area contributed by atoms with E-state index in [2.05, 4.69) is 15.5 Å². The van der Waals surface area contributed by atoms with Crippen molar-refractivity contribution in [3.8, 4) is 11.4 Å². The van der Waals surface area contributed by atoms with E-state index in [0.717, 1.165) is 5.56 Å². The van der Waals surface area contributed by atoms with E-state index in [1.165, 1.54) is 28.2 Å². The van der Waals surface area contributed by atoms with Crippen LogP contribution >= 0.6 is 46.6 Å². The minimum atomic E-state index is -3.72. The number of thioether (sulfide) groups is 1. The highest BCUT2D eigenvalue weighted by Crippen LogP contribution is 2.34. The normalized spacial score (nSPS) is 15.0. The summed E-state index contributed by atoms with van der Waals surface area (Å²) in [5.74, 6) is 0.148. The number of benzene rings is 3. The molecule has 1 aliphatic rings. The predicted octanol–water partition coefficient (Wildman–Crippen LogP) is 6.09. The highest BCUT2D eigenvalue weighted by Gasteiger charge is 2.28. The molecular formula is C28H26Cl3N5O4S2. The zero-order valence-electron chi connectivity index (χ0n) is 22.3. The molecule has 9 nitrogen and oxygen atoms in total. The lowest BCUT2D eigenvalue weighted by Gasteiger charge is -2.26. The number of nitrogens with zero attached hydrogens (tertiary/aromatic N) is 4. The summed E-state index contributed by atoms with van der Waals surface area (Å²) in [5, 5.41) is 12.3. The third-order valence-corrected chi connectivity index (χ3v) is 10.5. The highest BCUT2D eigenvalue weighted by molar-refractivity contribution is 8.00. The molecule has 1 atom stereocenters. The summed E-state index contributed by atoms with van der Waals surface area (Å²) >= 11 is 19.6. The maximum absolute atomic E-state index is 13.3. The Kier molecular flexibility index (Phi) is 9.78. The van der Waals surface area contributed by atoms with Gasteiger partial charge in [0.15, 0.2) is 11.0 Å². The van der Waals surface area contributed by atoms with E-state index in [9.17, 15) is 13.2 Å². The predicted molar refractivity (Wildman–Crippen MR) is 166 cm³/mol. The van der Waals surface area contributed by atoms with Crippen molar-refractivity contribution < 1.29 is 17.9 Å². The molecule has 14 heteroatoms. The van der Waals surface area contributed by atoms with E-state index >= 15 is 0 Å². The Hall–Kier alpha value is -2.64. The van der Waals surface area contributed by atoms with Gasteiger partial charge < -0.3 is 10.1 Å². The van der Waals surface area contributed by atoms with Gasteiger partial charge in [0.2, 0.25) is 15.9 Å². The Bertz CT molecular complexity index is 1700. The van der Waals surface area contributed by atoms with Crippen LogP contribution in [-0.4, -0.2) is 64.9 Å². The third-order valence-electron chi connectivity index (χ3n) is 6.52. The maximum atomic E-state index is 13.3. The summed E-state index contributed by atoms with van der Waals surface area (Å²) in [5.41, 5.74) is 1.91. The number of ether oxygens (including phenoxy) is 1. The number of carbonyl (C=O) groups is 1. The van der Waals surface area contributed by atoms with Crippen molar-refractivity contribution in [2.45, 2.75) is 28.8 Å². The highest BCUT2D eigenvalue weighted by atomic mass is 35.5. The zero-order chi connectivity index (χ0) is 29.9. The van der Waals surface area contributed by atoms with Gasteiger partial charge in [0, 0.05) is 18.7 Å². The number of carbonyl (C=O) groups excluding carboxylic acids is 1. The fraction of sp³-hybridized carbons (Fsp3) is 0.250. The third kappa shape index (κ3) is 6.94. The summed E-state index contributed by atoms with van der Waals surface area (Å²) in [6, 6.07) is 19.3. The van der Waals surface area contributed by atoms with Crippen molar-refractivity contribution in [1.29, 1.82) is 0 Å². The standard InChI is InChI=1S/C28H26Cl3N5O4S2/c1-18(27(37)32-25-16-23(30)22(29)15-24(25)31)41-28-34-33-26(36(28)17-19-6-3-2-4-7-19)20-8-5-9-21(14-20)42(38,39)35-10-12-40-13-11-35/h2-9,14-16,18H,10-13,17H2,1H3,(H,32,37)/t18-/m1/s1. The second-order valence-electron chi connectivity index (χ2n) is 9.42. The van der Waals surface area contributed by atoms with Crippen LogP contribution < -0.4 is 5.32 Å². The number of sulfonamides is 1. The smallest absolute Gasteiger partial charge is 0.243 e. The molecule has 0 unspecified atom stereocenters. The first-order valence-corrected chi connectivity index (χ1v) is 16.4. The van der Waals surface area contributed by atoms with Gasteiger partial charge in [-0.1, -0.05) is 89.0 Å². The quantitative estimate of drug-likeness (QED) is 0.170. The molecule has 3 aromatic carbocycles. The summed E-state index contributed by atoms with van der Waals surface area (Å²) < 4.78 is 35.3. The van der Waals surface area contributed by atoms with E-state index in [4.69, 9.17) is 39.5 Å². The van der Waals surface area contributed by atoms with Crippen LogP contribution in [-0.2, 0) is 26.1 Å². The van der Waals surface area contributed by atoms with E-state index in [-0.39, 0.29) is 25.9 Å². The van der Waals surface area contributed by atoms with Gasteiger partial charge in [-0.05, 0) is 36.8 Å². The SMILES string of the molecule is C[C@@H](Sc1nnc(-c2cccc(S(=O)(=O)N3CCOCC3)c2)n1Cc1ccccc1)C(=O)Nc1cc(Cl)c(Cl)cc1Cl. The van der Waals surface area contributed by atoms with E-state index in [1.54, 1.807) is 31.2 Å². The molecule has 0 radical (unpaired) electrons. The molecule has 0 aliphatic carbocycles. The summed E-state index contributed by atoms with van der Waals surface area (Å²) in [7, 11) is -3.72. The lowest BCUT2D eigenvalue weighted by atomic mass is 10.2. The van der Waals surface area contributed by atoms with Crippen molar-refractivity contribution in [1.82, 2.24) is 19.1 Å². The Labute approximate surface area is 263 Å². The number of halogens is 3. The van der Waals surface area contributed by atoms with E-state index < -0.39 is 15.3 Å². The first kappa shape index (κ1) is 30.8. The molecule has 1 N–H and O–H groups in total. The van der Waals surface area contributed by atoms with Gasteiger partial charge >= 0.3 is 0 Å². The van der Waals surface area contributed by atoms with Crippen molar-refractivity contribution in [2.24, 2.45) is 0 Å². The molecule has 220 valence electrons. The number of aromatic nitrogens is 3. The van der Waals surface area contributed by atoms with Gasteiger partial charge in [0.05, 0.1) is 50.7 Å². The van der Waals surface area contributed by atoms with Crippen LogP contribution in [0.15, 0.2) is 76.8 Å². The molecule has 1 aliphatic heterocycles. The maximum Gasteiger partial charge on any atom is 0.243 e. The van der Waals surface area contributed by atoms with Gasteiger partial charge in [-0.3, -0.25) is 9.36 Å². The average Bonchev–Trinajstić information content (AvgIpc) is 3.38. The van der Waals surface area contributed by atoms with E-state index in [0.29, 0.717) is 55.1 Å². The number of hydrogen-bond acceptors (Lipinski definition) is 7. The van der Waals surface area contributed by atoms with Crippen molar-refractivity contribution >= 4 is 68.2 Å². The largest absolute Gasteiger partial charge is 0.379 e. The summed E-state index contributed by atoms with van der Waals surface area (Å²) in [4.78, 5) is 13.3. The lowest BCUT2D eigenvalue weighted by Crippen LogP contribution is -2.40. The number of morpholine rings is 1. The fourth-order valence-electron chi connectivity index (χ4n) is 4.29. The van der Waals surface area contributed by atoms with Crippen LogP contribution in [0.1, 0.15) is 12.5 Å². The van der Waals surface area contributed by atoms with Gasteiger partial charge in [-0.25, -0.2) is 8.42 Å². The summed E-state index contributed by atoms with van der Waals surface area (Å²) in [6.07, 6.45) is 0. The second-order valence-corrected chi connectivity index (χ2v) is 13.9. The van der Waals surface area contributed by atoms with Crippen LogP contribution in [0, 0.1) is 0 Å². The van der Waals surface area contributed by atoms with Crippen LogP contribution in [0.5, 0.6) is 0 Å². The molecule has 2 heterocycles. The number of anilines is 1. The number of hydrogen-bond donors (Lipinski definition) is 1. The molecule has 0 spiro atoms. The molecule has 4 aromatic rings. The number of nitrogens with one attached hydrogen (secondary N) is 1. The average molecular weight is 667 g/mol. The number of rotatable bonds is 9. The Morgan fingerprint density at radius 3 is 2.43 bits per heavy atom. The molecule has 1 fully saturated rings. The first-order valence-electron chi connectivity index (χ1n) is 12.9. The molecular weight excluding hydrogens is 641 g/mol. The molecule has 1 aromatic heterocycles. The van der Waals surface area contributed by atoms with Gasteiger partial charge in [0.1, 0.15) is 0 Å². The van der Waals surface area contributed by atoms with Crippen LogP contribution in [0.3, 0.4) is 0 Å². The minimum Gasteiger partial charge on any atom is -0.379 e. The van der Waals surface area contributed by atoms with Gasteiger partial charge in [0.25, 0.3) is 0 Å². The molecule has 1 saturated heterocycles. The monoisotopic (exact) mass is 665 g/mol. The molecule has 0 bridgehead atoms. The van der Waals surface area contributed by atoms with E-state index in [1.807, 2.05) is 34.9 Å². The van der Waals surface area contributed by atoms with Crippen LogP contribution in [0.2, 0.25) is 15.1 Å². The Balaban J connectivity index is 1.45. The minimum absolute atomic E-state index is 0.164. The van der Waals surface area contributed by atoms with Crippen LogP contribution in [0.25, 0.3) is 11.4 Å². The Morgan fingerprint density at radius 2 is 1.69 bits per heavy atom. The fourth-order valence-corrected chi connectivity index (χ4v) is 7.19. The molecule has 42 heavy (non-hydrogen) atoms. The van der Waals surface area contributed by atoms with Crippen molar-refractivity contribution in [3.63, 3.8) is 0 Å². The topological polar surface area (TPSA) is 106 Å². The van der Waals surface area contributed by atoms with Crippen molar-refractivity contribution in [2.75, 3.05) is 31.6 Å². The van der Waals surface area contributed by atoms with Crippen molar-refractivity contribution in [3.05, 3.63) is 87.4 Å². The van der Waals surface area contributed by atoms with Crippen LogP contribution in [0.4, 0.5) is 5.69 Å². The Morgan fingerprint density at radius 1 is 0.976 bits per heavy atom. The van der Waals surface area contributed by atoms with Gasteiger partial charge in [-0.15, -0.1) is 10.2 Å². The molecule has 0 saturated carbocycles. The number of amides is 1. The lowest BCUT2D eigenvalue weighted by molar-refractivity contribution is -0.115. The molecule has 5 rings (SSSR count). The summed E-state index contributed by atoms with van der Waals surface area (Å²) in [6.45, 7) is 3.44. The first-order chi connectivity index (χ1) is 20.1. The molecule has 1 amide bonds. The zero-order valence-corrected chi connectivity index (χ0v) is 26.2. The second kappa shape index (κ2) is 13.3. The van der Waals surface area contributed by atoms with Gasteiger partial charge in [-0.2, -0.15) is 4.31 Å².